The summed E-state index contributed by atoms with van der Waals surface area (Å²) >= 11 is 0. The van der Waals surface area contributed by atoms with Gasteiger partial charge in [-0.15, -0.1) is 0 Å². The molecule has 0 bridgehead atoms. The van der Waals surface area contributed by atoms with Gasteiger partial charge in [0.05, 0.1) is 22.9 Å². The number of hydrogen-bond donors (Lipinski definition) is 0. The van der Waals surface area contributed by atoms with E-state index in [-0.39, 0.29) is 17.3 Å². The summed E-state index contributed by atoms with van der Waals surface area (Å²) < 4.78 is 29.9. The molecule has 38 heavy (non-hydrogen) atoms. The highest BCUT2D eigenvalue weighted by Gasteiger charge is 2.63. The van der Waals surface area contributed by atoms with E-state index in [1.807, 2.05) is 110 Å². The van der Waals surface area contributed by atoms with Crippen LogP contribution in [0.4, 0.5) is 5.69 Å². The smallest absolute Gasteiger partial charge is 0.243 e. The number of anilines is 1. The van der Waals surface area contributed by atoms with Gasteiger partial charge >= 0.3 is 0 Å². The van der Waals surface area contributed by atoms with Crippen molar-refractivity contribution in [3.05, 3.63) is 131 Å². The van der Waals surface area contributed by atoms with Gasteiger partial charge in [0.25, 0.3) is 0 Å². The van der Waals surface area contributed by atoms with Crippen molar-refractivity contribution in [2.75, 3.05) is 11.4 Å². The van der Waals surface area contributed by atoms with Crippen LogP contribution in [0.2, 0.25) is 0 Å². The van der Waals surface area contributed by atoms with Gasteiger partial charge in [0.1, 0.15) is 0 Å². The van der Waals surface area contributed by atoms with Crippen molar-refractivity contribution in [1.82, 2.24) is 4.31 Å². The number of sulfonamides is 1. The topological polar surface area (TPSA) is 57.7 Å². The number of nitrogens with zero attached hydrogens (tertiary/aromatic N) is 2. The van der Waals surface area contributed by atoms with Crippen LogP contribution in [0, 0.1) is 13.8 Å². The molecule has 1 amide bonds. The van der Waals surface area contributed by atoms with Gasteiger partial charge in [-0.05, 0) is 60.7 Å². The molecule has 1 spiro atoms. The Morgan fingerprint density at radius 1 is 0.816 bits per heavy atom. The molecule has 0 radical (unpaired) electrons. The highest BCUT2D eigenvalue weighted by atomic mass is 32.2. The normalized spacial score (nSPS) is 21.3. The summed E-state index contributed by atoms with van der Waals surface area (Å²) in [6.45, 7) is 4.62. The number of benzene rings is 4. The summed E-state index contributed by atoms with van der Waals surface area (Å²) in [6, 6.07) is 32.0. The molecule has 2 aliphatic heterocycles. The maximum absolute atomic E-state index is 14.6. The molecule has 0 aliphatic carbocycles. The van der Waals surface area contributed by atoms with Crippen molar-refractivity contribution in [2.24, 2.45) is 0 Å². The number of aryl methyl sites for hydroxylation is 2. The Balaban J connectivity index is 1.54. The minimum absolute atomic E-state index is 0.0441. The standard InChI is InChI=1S/C32H30N2O3S/c1-23-16-18-26(19-17-23)38(36,37)34-21-20-32(30(34)27-13-7-6-10-24(27)2)28-14-8-9-15-29(28)33(31(32)35)22-25-11-4-3-5-12-25/h3-19,30H,20-22H2,1-2H3/t30-,32-/m1/s1. The Kier molecular flexibility index (Phi) is 5.97. The lowest BCUT2D eigenvalue weighted by atomic mass is 9.72. The van der Waals surface area contributed by atoms with Gasteiger partial charge in [0.2, 0.25) is 15.9 Å². The maximum Gasteiger partial charge on any atom is 0.243 e. The zero-order valence-corrected chi connectivity index (χ0v) is 22.4. The molecule has 2 atom stereocenters. The Bertz CT molecular complexity index is 1620. The van der Waals surface area contributed by atoms with Gasteiger partial charge in [-0.3, -0.25) is 4.79 Å². The van der Waals surface area contributed by atoms with Crippen LogP contribution in [0.15, 0.2) is 108 Å². The second-order valence-electron chi connectivity index (χ2n) is 10.3. The van der Waals surface area contributed by atoms with Crippen LogP contribution in [0.5, 0.6) is 0 Å². The Morgan fingerprint density at radius 3 is 2.21 bits per heavy atom. The largest absolute Gasteiger partial charge is 0.307 e. The Morgan fingerprint density at radius 2 is 1.47 bits per heavy atom. The molecule has 192 valence electrons. The third-order valence-electron chi connectivity index (χ3n) is 8.08. The van der Waals surface area contributed by atoms with Gasteiger partial charge in [-0.25, -0.2) is 8.42 Å². The lowest BCUT2D eigenvalue weighted by molar-refractivity contribution is -0.124. The van der Waals surface area contributed by atoms with E-state index in [2.05, 4.69) is 0 Å². The molecule has 1 saturated heterocycles. The average molecular weight is 523 g/mol. The molecule has 2 aliphatic rings. The molecule has 6 heteroatoms. The van der Waals surface area contributed by atoms with Crippen LogP contribution in [0.1, 0.15) is 40.3 Å². The summed E-state index contributed by atoms with van der Waals surface area (Å²) in [4.78, 5) is 16.7. The second kappa shape index (κ2) is 9.22. The molecule has 4 aromatic carbocycles. The van der Waals surface area contributed by atoms with Gasteiger partial charge in [0.15, 0.2) is 0 Å². The van der Waals surface area contributed by atoms with Crippen molar-refractivity contribution in [3.8, 4) is 0 Å². The first-order valence-electron chi connectivity index (χ1n) is 12.9. The molecule has 6 rings (SSSR count). The minimum Gasteiger partial charge on any atom is -0.307 e. The molecule has 0 N–H and O–H groups in total. The van der Waals surface area contributed by atoms with Crippen LogP contribution < -0.4 is 4.90 Å². The van der Waals surface area contributed by atoms with E-state index in [9.17, 15) is 13.2 Å². The summed E-state index contributed by atoms with van der Waals surface area (Å²) in [5.41, 5.74) is 4.59. The highest BCUT2D eigenvalue weighted by Crippen LogP contribution is 2.58. The van der Waals surface area contributed by atoms with E-state index in [1.165, 1.54) is 0 Å². The molecule has 1 fully saturated rings. The fraction of sp³-hybridized carbons (Fsp3) is 0.219. The first kappa shape index (κ1) is 24.6. The number of amides is 1. The SMILES string of the molecule is Cc1ccc(S(=O)(=O)N2CC[C@]3(C(=O)N(Cc4ccccc4)c4ccccc43)[C@H]2c2ccccc2C)cc1. The minimum atomic E-state index is -3.87. The van der Waals surface area contributed by atoms with Crippen molar-refractivity contribution in [3.63, 3.8) is 0 Å². The summed E-state index contributed by atoms with van der Waals surface area (Å²) in [6.07, 6.45) is 0.415. The monoisotopic (exact) mass is 522 g/mol. The van der Waals surface area contributed by atoms with Crippen molar-refractivity contribution in [1.29, 1.82) is 0 Å². The number of hydrogen-bond acceptors (Lipinski definition) is 3. The molecule has 0 unspecified atom stereocenters. The summed E-state index contributed by atoms with van der Waals surface area (Å²) in [5, 5.41) is 0. The average Bonchev–Trinajstić information content (AvgIpc) is 3.44. The number of carbonyl (C=O) groups is 1. The fourth-order valence-corrected chi connectivity index (χ4v) is 7.85. The second-order valence-corrected chi connectivity index (χ2v) is 12.2. The van der Waals surface area contributed by atoms with E-state index < -0.39 is 21.5 Å². The Labute approximate surface area is 224 Å². The molecule has 4 aromatic rings. The molecule has 5 nitrogen and oxygen atoms in total. The third kappa shape index (κ3) is 3.70. The summed E-state index contributed by atoms with van der Waals surface area (Å²) in [5.74, 6) is -0.0441. The van der Waals surface area contributed by atoms with Crippen molar-refractivity contribution < 1.29 is 13.2 Å². The highest BCUT2D eigenvalue weighted by molar-refractivity contribution is 7.89. The van der Waals surface area contributed by atoms with Crippen LogP contribution in [0.3, 0.4) is 0 Å². The molecule has 0 saturated carbocycles. The van der Waals surface area contributed by atoms with Crippen LogP contribution >= 0.6 is 0 Å². The Hall–Kier alpha value is -3.74. The van der Waals surface area contributed by atoms with Gasteiger partial charge in [-0.1, -0.05) is 90.5 Å². The van der Waals surface area contributed by atoms with E-state index in [0.29, 0.717) is 13.0 Å². The quantitative estimate of drug-likeness (QED) is 0.327. The van der Waals surface area contributed by atoms with Gasteiger partial charge in [0, 0.05) is 12.2 Å². The van der Waals surface area contributed by atoms with Crippen LogP contribution in [-0.2, 0) is 26.8 Å². The zero-order chi connectivity index (χ0) is 26.5. The lowest BCUT2D eigenvalue weighted by Crippen LogP contribution is -2.45. The summed E-state index contributed by atoms with van der Waals surface area (Å²) in [7, 11) is -3.87. The van der Waals surface area contributed by atoms with Crippen molar-refractivity contribution >= 4 is 21.6 Å². The van der Waals surface area contributed by atoms with Crippen LogP contribution in [0.25, 0.3) is 0 Å². The number of fused-ring (bicyclic) bond motifs is 2. The van der Waals surface area contributed by atoms with E-state index >= 15 is 0 Å². The predicted octanol–water partition coefficient (Wildman–Crippen LogP) is 5.92. The maximum atomic E-state index is 14.6. The first-order valence-corrected chi connectivity index (χ1v) is 14.4. The van der Waals surface area contributed by atoms with E-state index in [0.717, 1.165) is 33.5 Å². The first-order chi connectivity index (χ1) is 18.3. The fourth-order valence-electron chi connectivity index (χ4n) is 6.20. The third-order valence-corrected chi connectivity index (χ3v) is 9.96. The lowest BCUT2D eigenvalue weighted by Gasteiger charge is -2.35. The van der Waals surface area contributed by atoms with E-state index in [4.69, 9.17) is 0 Å². The zero-order valence-electron chi connectivity index (χ0n) is 21.5. The predicted molar refractivity (Wildman–Crippen MR) is 149 cm³/mol. The number of rotatable bonds is 5. The van der Waals surface area contributed by atoms with Gasteiger partial charge in [-0.2, -0.15) is 4.31 Å². The van der Waals surface area contributed by atoms with Gasteiger partial charge < -0.3 is 4.90 Å². The molecular weight excluding hydrogens is 492 g/mol. The molecule has 0 aromatic heterocycles. The molecular formula is C32H30N2O3S. The molecule has 2 heterocycles. The van der Waals surface area contributed by atoms with Crippen LogP contribution in [-0.4, -0.2) is 25.2 Å². The number of para-hydroxylation sites is 1. The van der Waals surface area contributed by atoms with Crippen molar-refractivity contribution in [2.45, 2.75) is 43.2 Å². The van der Waals surface area contributed by atoms with E-state index in [1.54, 1.807) is 16.4 Å². The number of carbonyl (C=O) groups excluding carboxylic acids is 1.